The average molecular weight is 334 g/mol. The summed E-state index contributed by atoms with van der Waals surface area (Å²) < 4.78 is 11.4. The molecule has 1 atom stereocenters. The highest BCUT2D eigenvalue weighted by Gasteiger charge is 2.15. The van der Waals surface area contributed by atoms with Gasteiger partial charge in [0.2, 0.25) is 0 Å². The van der Waals surface area contributed by atoms with Crippen molar-refractivity contribution in [3.05, 3.63) is 23.8 Å². The van der Waals surface area contributed by atoms with Gasteiger partial charge in [-0.3, -0.25) is 4.79 Å². The van der Waals surface area contributed by atoms with E-state index in [4.69, 9.17) is 9.47 Å². The number of carbonyl (C=O) groups is 1. The quantitative estimate of drug-likeness (QED) is 0.690. The van der Waals surface area contributed by atoms with E-state index in [1.54, 1.807) is 12.1 Å². The van der Waals surface area contributed by atoms with Crippen LogP contribution in [-0.2, 0) is 0 Å². The van der Waals surface area contributed by atoms with Gasteiger partial charge in [0.25, 0.3) is 5.91 Å². The molecule has 0 bridgehead atoms. The van der Waals surface area contributed by atoms with Gasteiger partial charge in [0.1, 0.15) is 0 Å². The summed E-state index contributed by atoms with van der Waals surface area (Å²) in [5.74, 6) is 1.99. The first-order valence-electron chi connectivity index (χ1n) is 9.13. The number of hydrogen-bond acceptors (Lipinski definition) is 4. The Hall–Kier alpha value is -1.75. The maximum Gasteiger partial charge on any atom is 0.251 e. The summed E-state index contributed by atoms with van der Waals surface area (Å²) in [7, 11) is 0. The highest BCUT2D eigenvalue weighted by atomic mass is 16.5. The molecule has 2 rings (SSSR count). The van der Waals surface area contributed by atoms with Gasteiger partial charge in [0, 0.05) is 12.1 Å². The fraction of sp³-hybridized carbons (Fsp3) is 0.632. The van der Waals surface area contributed by atoms with Crippen molar-refractivity contribution >= 4 is 5.91 Å². The van der Waals surface area contributed by atoms with E-state index in [2.05, 4.69) is 24.5 Å². The van der Waals surface area contributed by atoms with Crippen LogP contribution in [0.5, 0.6) is 11.5 Å². The van der Waals surface area contributed by atoms with E-state index < -0.39 is 0 Å². The van der Waals surface area contributed by atoms with Gasteiger partial charge in [-0.1, -0.05) is 13.8 Å². The fourth-order valence-corrected chi connectivity index (χ4v) is 2.76. The van der Waals surface area contributed by atoms with Gasteiger partial charge < -0.3 is 20.1 Å². The Morgan fingerprint density at radius 2 is 1.96 bits per heavy atom. The molecule has 1 aromatic rings. The first kappa shape index (κ1) is 18.6. The molecule has 1 saturated heterocycles. The number of benzene rings is 1. The number of rotatable bonds is 10. The lowest BCUT2D eigenvalue weighted by Crippen LogP contribution is -2.26. The lowest BCUT2D eigenvalue weighted by molar-refractivity contribution is 0.0951. The van der Waals surface area contributed by atoms with Gasteiger partial charge in [-0.25, -0.2) is 0 Å². The summed E-state index contributed by atoms with van der Waals surface area (Å²) in [5, 5.41) is 6.36. The molecule has 24 heavy (non-hydrogen) atoms. The summed E-state index contributed by atoms with van der Waals surface area (Å²) in [5.41, 5.74) is 0.620. The van der Waals surface area contributed by atoms with Crippen LogP contribution in [0.1, 0.15) is 49.9 Å². The van der Waals surface area contributed by atoms with Crippen LogP contribution in [0, 0.1) is 5.92 Å². The van der Waals surface area contributed by atoms with Crippen molar-refractivity contribution in [2.24, 2.45) is 5.92 Å². The second kappa shape index (κ2) is 10.2. The van der Waals surface area contributed by atoms with E-state index in [0.717, 1.165) is 32.4 Å². The van der Waals surface area contributed by atoms with Crippen molar-refractivity contribution in [2.45, 2.75) is 39.5 Å². The minimum Gasteiger partial charge on any atom is -0.490 e. The third kappa shape index (κ3) is 5.71. The van der Waals surface area contributed by atoms with E-state index >= 15 is 0 Å². The van der Waals surface area contributed by atoms with E-state index in [1.807, 2.05) is 6.07 Å². The lowest BCUT2D eigenvalue weighted by Gasteiger charge is -2.14. The summed E-state index contributed by atoms with van der Waals surface area (Å²) in [6, 6.07) is 5.42. The standard InChI is InChI=1S/C19H30N2O3/c1-3-11-23-17-6-5-16(13-18(17)24-12-4-2)19(22)21-10-8-15-7-9-20-14-15/h5-6,13,15,20H,3-4,7-12,14H2,1-2H3,(H,21,22). The lowest BCUT2D eigenvalue weighted by atomic mass is 10.1. The first-order chi connectivity index (χ1) is 11.7. The predicted molar refractivity (Wildman–Crippen MR) is 95.9 cm³/mol. The van der Waals surface area contributed by atoms with Crippen LogP contribution < -0.4 is 20.1 Å². The molecule has 2 N–H and O–H groups in total. The molecule has 134 valence electrons. The minimum atomic E-state index is -0.0515. The summed E-state index contributed by atoms with van der Waals surface area (Å²) in [6.07, 6.45) is 4.08. The molecule has 1 aromatic carbocycles. The van der Waals surface area contributed by atoms with Crippen LogP contribution in [0.3, 0.4) is 0 Å². The zero-order valence-corrected chi connectivity index (χ0v) is 14.9. The molecular formula is C19H30N2O3. The van der Waals surface area contributed by atoms with E-state index in [0.29, 0.717) is 42.7 Å². The normalized spacial score (nSPS) is 16.8. The molecule has 0 saturated carbocycles. The first-order valence-corrected chi connectivity index (χ1v) is 9.13. The highest BCUT2D eigenvalue weighted by molar-refractivity contribution is 5.94. The molecule has 0 radical (unpaired) electrons. The van der Waals surface area contributed by atoms with Crippen LogP contribution in [0.4, 0.5) is 0 Å². The summed E-state index contributed by atoms with van der Waals surface area (Å²) in [4.78, 5) is 12.3. The predicted octanol–water partition coefficient (Wildman–Crippen LogP) is 2.99. The zero-order chi connectivity index (χ0) is 17.2. The number of amides is 1. The van der Waals surface area contributed by atoms with Gasteiger partial charge in [-0.2, -0.15) is 0 Å². The van der Waals surface area contributed by atoms with Gasteiger partial charge in [0.15, 0.2) is 11.5 Å². The van der Waals surface area contributed by atoms with Gasteiger partial charge >= 0.3 is 0 Å². The molecule has 0 spiro atoms. The van der Waals surface area contributed by atoms with Crippen LogP contribution in [0.25, 0.3) is 0 Å². The number of nitrogens with one attached hydrogen (secondary N) is 2. The zero-order valence-electron chi connectivity index (χ0n) is 14.9. The van der Waals surface area contributed by atoms with Crippen molar-refractivity contribution < 1.29 is 14.3 Å². The number of ether oxygens (including phenoxy) is 2. The van der Waals surface area contributed by atoms with Crippen LogP contribution in [-0.4, -0.2) is 38.8 Å². The largest absolute Gasteiger partial charge is 0.490 e. The van der Waals surface area contributed by atoms with Gasteiger partial charge in [-0.15, -0.1) is 0 Å². The average Bonchev–Trinajstić information content (AvgIpc) is 3.11. The van der Waals surface area contributed by atoms with E-state index in [1.165, 1.54) is 6.42 Å². The number of carbonyl (C=O) groups excluding carboxylic acids is 1. The molecule has 0 aromatic heterocycles. The molecule has 1 aliphatic heterocycles. The molecule has 1 heterocycles. The topological polar surface area (TPSA) is 59.6 Å². The molecule has 1 aliphatic rings. The van der Waals surface area contributed by atoms with Crippen molar-refractivity contribution in [1.29, 1.82) is 0 Å². The Labute approximate surface area is 145 Å². The second-order valence-corrected chi connectivity index (χ2v) is 6.26. The maximum atomic E-state index is 12.3. The molecular weight excluding hydrogens is 304 g/mol. The molecule has 0 aliphatic carbocycles. The van der Waals surface area contributed by atoms with Crippen molar-refractivity contribution in [1.82, 2.24) is 10.6 Å². The Kier molecular flexibility index (Phi) is 7.89. The Morgan fingerprint density at radius 3 is 2.62 bits per heavy atom. The van der Waals surface area contributed by atoms with Crippen LogP contribution in [0.15, 0.2) is 18.2 Å². The van der Waals surface area contributed by atoms with E-state index in [-0.39, 0.29) is 5.91 Å². The highest BCUT2D eigenvalue weighted by Crippen LogP contribution is 2.29. The van der Waals surface area contributed by atoms with Crippen molar-refractivity contribution in [3.63, 3.8) is 0 Å². The third-order valence-corrected chi connectivity index (χ3v) is 4.13. The number of hydrogen-bond donors (Lipinski definition) is 2. The molecule has 5 heteroatoms. The molecule has 5 nitrogen and oxygen atoms in total. The van der Waals surface area contributed by atoms with Crippen LogP contribution >= 0.6 is 0 Å². The fourth-order valence-electron chi connectivity index (χ4n) is 2.76. The molecule has 1 amide bonds. The second-order valence-electron chi connectivity index (χ2n) is 6.26. The Bertz CT molecular complexity index is 513. The van der Waals surface area contributed by atoms with Crippen molar-refractivity contribution in [3.8, 4) is 11.5 Å². The monoisotopic (exact) mass is 334 g/mol. The maximum absolute atomic E-state index is 12.3. The summed E-state index contributed by atoms with van der Waals surface area (Å²) in [6.45, 7) is 8.25. The van der Waals surface area contributed by atoms with Gasteiger partial charge in [0.05, 0.1) is 13.2 Å². The smallest absolute Gasteiger partial charge is 0.251 e. The minimum absolute atomic E-state index is 0.0515. The SMILES string of the molecule is CCCOc1ccc(C(=O)NCCC2CCNC2)cc1OCCC. The van der Waals surface area contributed by atoms with E-state index in [9.17, 15) is 4.79 Å². The van der Waals surface area contributed by atoms with Gasteiger partial charge in [-0.05, 0) is 62.9 Å². The molecule has 1 fully saturated rings. The summed E-state index contributed by atoms with van der Waals surface area (Å²) >= 11 is 0. The third-order valence-electron chi connectivity index (χ3n) is 4.13. The molecule has 1 unspecified atom stereocenters. The Morgan fingerprint density at radius 1 is 1.21 bits per heavy atom. The van der Waals surface area contributed by atoms with Crippen molar-refractivity contribution in [2.75, 3.05) is 32.8 Å². The Balaban J connectivity index is 1.93. The van der Waals surface area contributed by atoms with Crippen LogP contribution in [0.2, 0.25) is 0 Å².